The lowest BCUT2D eigenvalue weighted by Gasteiger charge is -2.12. The van der Waals surface area contributed by atoms with Crippen LogP contribution in [-0.2, 0) is 4.79 Å². The number of nitrogens with one attached hydrogen (secondary N) is 1. The summed E-state index contributed by atoms with van der Waals surface area (Å²) in [4.78, 5) is 11.8. The summed E-state index contributed by atoms with van der Waals surface area (Å²) in [5.41, 5.74) is 5.59. The topological polar surface area (TPSA) is 50.7 Å². The van der Waals surface area contributed by atoms with Gasteiger partial charge in [-0.15, -0.1) is 0 Å². The van der Waals surface area contributed by atoms with Crippen LogP contribution in [0.15, 0.2) is 53.6 Å². The van der Waals surface area contributed by atoms with E-state index in [1.807, 2.05) is 49.4 Å². The molecule has 120 valence electrons. The number of nitrogens with zero attached hydrogens (tertiary/aromatic N) is 1. The van der Waals surface area contributed by atoms with E-state index in [0.717, 1.165) is 16.9 Å². The zero-order valence-corrected chi connectivity index (χ0v) is 13.7. The van der Waals surface area contributed by atoms with E-state index in [1.165, 1.54) is 5.56 Å². The Labute approximate surface area is 137 Å². The van der Waals surface area contributed by atoms with Crippen LogP contribution < -0.4 is 10.2 Å². The Balaban J connectivity index is 1.87. The van der Waals surface area contributed by atoms with Crippen molar-refractivity contribution in [1.29, 1.82) is 0 Å². The number of hydrogen-bond donors (Lipinski definition) is 1. The normalized spacial score (nSPS) is 11.0. The first-order chi connectivity index (χ1) is 11.1. The van der Waals surface area contributed by atoms with Gasteiger partial charge in [0.15, 0.2) is 6.61 Å². The van der Waals surface area contributed by atoms with Crippen LogP contribution in [0.1, 0.15) is 36.5 Å². The van der Waals surface area contributed by atoms with Crippen molar-refractivity contribution in [2.75, 3.05) is 6.61 Å². The van der Waals surface area contributed by atoms with Crippen LogP contribution in [-0.4, -0.2) is 18.7 Å². The smallest absolute Gasteiger partial charge is 0.277 e. The van der Waals surface area contributed by atoms with Gasteiger partial charge in [0.25, 0.3) is 5.91 Å². The molecule has 2 aromatic carbocycles. The van der Waals surface area contributed by atoms with Crippen molar-refractivity contribution >= 4 is 12.1 Å². The fraction of sp³-hybridized carbons (Fsp3) is 0.263. The molecule has 2 aromatic rings. The van der Waals surface area contributed by atoms with E-state index >= 15 is 0 Å². The number of hydrazone groups is 1. The molecule has 0 aliphatic carbocycles. The molecule has 0 aliphatic heterocycles. The third-order valence-corrected chi connectivity index (χ3v) is 3.44. The molecule has 0 atom stereocenters. The Morgan fingerprint density at radius 3 is 2.65 bits per heavy atom. The first-order valence-corrected chi connectivity index (χ1v) is 7.66. The molecule has 0 saturated heterocycles. The van der Waals surface area contributed by atoms with Gasteiger partial charge in [0.1, 0.15) is 5.75 Å². The lowest BCUT2D eigenvalue weighted by molar-refractivity contribution is -0.123. The summed E-state index contributed by atoms with van der Waals surface area (Å²) in [5, 5.41) is 3.92. The van der Waals surface area contributed by atoms with E-state index in [0.29, 0.717) is 5.92 Å². The van der Waals surface area contributed by atoms with Gasteiger partial charge in [0, 0.05) is 0 Å². The number of ether oxygens (including phenoxy) is 1. The number of rotatable bonds is 6. The molecule has 2 rings (SSSR count). The Bertz CT molecular complexity index is 679. The molecule has 0 saturated carbocycles. The average molecular weight is 310 g/mol. The van der Waals surface area contributed by atoms with Crippen LogP contribution in [0.4, 0.5) is 0 Å². The molecule has 4 heteroatoms. The summed E-state index contributed by atoms with van der Waals surface area (Å²) in [7, 11) is 0. The molecule has 0 spiro atoms. The van der Waals surface area contributed by atoms with E-state index in [9.17, 15) is 4.79 Å². The number of benzene rings is 2. The first-order valence-electron chi connectivity index (χ1n) is 7.66. The number of hydrogen-bond acceptors (Lipinski definition) is 3. The van der Waals surface area contributed by atoms with Gasteiger partial charge in [-0.1, -0.05) is 56.3 Å². The zero-order chi connectivity index (χ0) is 16.7. The molecule has 0 fully saturated rings. The maximum atomic E-state index is 11.8. The minimum atomic E-state index is -0.286. The molecular formula is C19H22N2O2. The van der Waals surface area contributed by atoms with Gasteiger partial charge in [0.05, 0.1) is 6.21 Å². The molecule has 0 radical (unpaired) electrons. The van der Waals surface area contributed by atoms with Crippen molar-refractivity contribution in [2.24, 2.45) is 5.10 Å². The third kappa shape index (κ3) is 5.25. The third-order valence-electron chi connectivity index (χ3n) is 3.44. The summed E-state index contributed by atoms with van der Waals surface area (Å²) in [6, 6.07) is 15.7. The molecule has 0 heterocycles. The minimum Gasteiger partial charge on any atom is -0.483 e. The predicted octanol–water partition coefficient (Wildman–Crippen LogP) is 3.65. The first kappa shape index (κ1) is 16.7. The van der Waals surface area contributed by atoms with Crippen molar-refractivity contribution in [3.8, 4) is 5.75 Å². The highest BCUT2D eigenvalue weighted by molar-refractivity contribution is 5.82. The maximum absolute atomic E-state index is 11.8. The quantitative estimate of drug-likeness (QED) is 0.654. The molecule has 0 unspecified atom stereocenters. The molecule has 0 aromatic heterocycles. The Kier molecular flexibility index (Phi) is 5.92. The van der Waals surface area contributed by atoms with Crippen molar-refractivity contribution in [2.45, 2.75) is 26.7 Å². The monoisotopic (exact) mass is 310 g/mol. The van der Waals surface area contributed by atoms with Crippen molar-refractivity contribution in [1.82, 2.24) is 5.43 Å². The maximum Gasteiger partial charge on any atom is 0.277 e. The predicted molar refractivity (Wildman–Crippen MR) is 92.9 cm³/mol. The van der Waals surface area contributed by atoms with Crippen LogP contribution >= 0.6 is 0 Å². The number of amides is 1. The highest BCUT2D eigenvalue weighted by atomic mass is 16.5. The molecular weight excluding hydrogens is 288 g/mol. The fourth-order valence-electron chi connectivity index (χ4n) is 2.02. The summed E-state index contributed by atoms with van der Waals surface area (Å²) in [6.45, 7) is 6.15. The Morgan fingerprint density at radius 1 is 1.22 bits per heavy atom. The lowest BCUT2D eigenvalue weighted by Crippen LogP contribution is -2.24. The van der Waals surface area contributed by atoms with Crippen LogP contribution in [0, 0.1) is 6.92 Å². The number of aryl methyl sites for hydroxylation is 1. The molecule has 1 amide bonds. The molecule has 1 N–H and O–H groups in total. The molecule has 23 heavy (non-hydrogen) atoms. The van der Waals surface area contributed by atoms with Crippen LogP contribution in [0.2, 0.25) is 0 Å². The Morgan fingerprint density at radius 2 is 1.96 bits per heavy atom. The largest absolute Gasteiger partial charge is 0.483 e. The Hall–Kier alpha value is -2.62. The second kappa shape index (κ2) is 8.13. The van der Waals surface area contributed by atoms with Crippen LogP contribution in [0.5, 0.6) is 5.75 Å². The summed E-state index contributed by atoms with van der Waals surface area (Å²) in [6.07, 6.45) is 1.60. The summed E-state index contributed by atoms with van der Waals surface area (Å²) >= 11 is 0. The van der Waals surface area contributed by atoms with Gasteiger partial charge in [0.2, 0.25) is 0 Å². The average Bonchev–Trinajstić information content (AvgIpc) is 2.55. The standard InChI is InChI=1S/C19H22N2O2/c1-14(2)17-10-9-15(3)18(11-17)23-13-19(22)21-20-12-16-7-5-4-6-8-16/h4-12,14H,13H2,1-3H3,(H,21,22)/b20-12-. The van der Waals surface area contributed by atoms with Crippen LogP contribution in [0.3, 0.4) is 0 Å². The number of carbonyl (C=O) groups excluding carboxylic acids is 1. The van der Waals surface area contributed by atoms with E-state index in [4.69, 9.17) is 4.74 Å². The highest BCUT2D eigenvalue weighted by Crippen LogP contribution is 2.24. The van der Waals surface area contributed by atoms with E-state index in [1.54, 1.807) is 6.21 Å². The van der Waals surface area contributed by atoms with Gasteiger partial charge >= 0.3 is 0 Å². The van der Waals surface area contributed by atoms with Gasteiger partial charge in [-0.2, -0.15) is 5.10 Å². The van der Waals surface area contributed by atoms with E-state index in [2.05, 4.69) is 30.4 Å². The van der Waals surface area contributed by atoms with Gasteiger partial charge in [-0.05, 0) is 35.6 Å². The van der Waals surface area contributed by atoms with E-state index < -0.39 is 0 Å². The molecule has 0 aliphatic rings. The van der Waals surface area contributed by atoms with E-state index in [-0.39, 0.29) is 12.5 Å². The number of carbonyl (C=O) groups is 1. The molecule has 0 bridgehead atoms. The van der Waals surface area contributed by atoms with Crippen molar-refractivity contribution in [3.05, 3.63) is 65.2 Å². The SMILES string of the molecule is Cc1ccc(C(C)C)cc1OCC(=O)N/N=C\c1ccccc1. The summed E-state index contributed by atoms with van der Waals surface area (Å²) < 4.78 is 5.61. The van der Waals surface area contributed by atoms with Crippen molar-refractivity contribution < 1.29 is 9.53 Å². The van der Waals surface area contributed by atoms with Crippen molar-refractivity contribution in [3.63, 3.8) is 0 Å². The summed E-state index contributed by atoms with van der Waals surface area (Å²) in [5.74, 6) is 0.868. The highest BCUT2D eigenvalue weighted by Gasteiger charge is 2.07. The molecule has 4 nitrogen and oxygen atoms in total. The van der Waals surface area contributed by atoms with Gasteiger partial charge in [-0.25, -0.2) is 5.43 Å². The second-order valence-electron chi connectivity index (χ2n) is 5.67. The lowest BCUT2D eigenvalue weighted by atomic mass is 10.0. The zero-order valence-electron chi connectivity index (χ0n) is 13.7. The van der Waals surface area contributed by atoms with Crippen LogP contribution in [0.25, 0.3) is 0 Å². The van der Waals surface area contributed by atoms with Gasteiger partial charge < -0.3 is 4.74 Å². The van der Waals surface area contributed by atoms with Gasteiger partial charge in [-0.3, -0.25) is 4.79 Å². The fourth-order valence-corrected chi connectivity index (χ4v) is 2.02. The second-order valence-corrected chi connectivity index (χ2v) is 5.67. The minimum absolute atomic E-state index is 0.0610.